The highest BCUT2D eigenvalue weighted by Crippen LogP contribution is 2.34. The van der Waals surface area contributed by atoms with Crippen molar-refractivity contribution in [3.8, 4) is 10.4 Å². The van der Waals surface area contributed by atoms with Gasteiger partial charge in [-0.3, -0.25) is 4.79 Å². The molecule has 3 aromatic heterocycles. The number of nitrogens with zero attached hydrogens (tertiary/aromatic N) is 3. The number of thiophene rings is 1. The summed E-state index contributed by atoms with van der Waals surface area (Å²) in [5.41, 5.74) is 4.98. The standard InChI is InChI=1S/C22H18N4O3S/c1-29-21(28)14-9-23-22(24-10-14)26-7-6-19-17(11-26)16-8-13(2-4-18(16)25-19)20-5-3-15(12-27)30-20/h2-5,8-10,12,25H,6-7,11H2,1H3. The van der Waals surface area contributed by atoms with Gasteiger partial charge in [0.25, 0.3) is 0 Å². The second kappa shape index (κ2) is 7.38. The van der Waals surface area contributed by atoms with Gasteiger partial charge in [-0.2, -0.15) is 0 Å². The normalized spacial score (nSPS) is 13.3. The Morgan fingerprint density at radius 3 is 2.80 bits per heavy atom. The largest absolute Gasteiger partial charge is 0.465 e. The zero-order valence-electron chi connectivity index (χ0n) is 16.2. The number of aromatic amines is 1. The minimum Gasteiger partial charge on any atom is -0.465 e. The van der Waals surface area contributed by atoms with Gasteiger partial charge < -0.3 is 14.6 Å². The molecule has 0 amide bonds. The number of rotatable bonds is 4. The van der Waals surface area contributed by atoms with E-state index in [-0.39, 0.29) is 0 Å². The summed E-state index contributed by atoms with van der Waals surface area (Å²) >= 11 is 1.49. The average molecular weight is 418 g/mol. The number of benzene rings is 1. The molecular formula is C22H18N4O3S. The Hall–Kier alpha value is -3.52. The number of carbonyl (C=O) groups excluding carboxylic acids is 2. The molecule has 150 valence electrons. The number of hydrogen-bond donors (Lipinski definition) is 1. The monoisotopic (exact) mass is 418 g/mol. The summed E-state index contributed by atoms with van der Waals surface area (Å²) < 4.78 is 4.71. The van der Waals surface area contributed by atoms with Crippen molar-refractivity contribution >= 4 is 40.4 Å². The predicted octanol–water partition coefficient (Wildman–Crippen LogP) is 3.85. The lowest BCUT2D eigenvalue weighted by atomic mass is 10.0. The van der Waals surface area contributed by atoms with Crippen LogP contribution in [0, 0.1) is 0 Å². The van der Waals surface area contributed by atoms with Crippen LogP contribution in [0.3, 0.4) is 0 Å². The molecule has 8 heteroatoms. The Labute approximate surface area is 176 Å². The van der Waals surface area contributed by atoms with E-state index in [2.05, 4.69) is 38.1 Å². The van der Waals surface area contributed by atoms with Gasteiger partial charge in [-0.1, -0.05) is 6.07 Å². The van der Waals surface area contributed by atoms with Crippen LogP contribution in [0.25, 0.3) is 21.3 Å². The van der Waals surface area contributed by atoms with Gasteiger partial charge in [0.1, 0.15) is 0 Å². The topological polar surface area (TPSA) is 88.2 Å². The fraction of sp³-hybridized carbons (Fsp3) is 0.182. The number of methoxy groups -OCH3 is 1. The zero-order chi connectivity index (χ0) is 20.7. The van der Waals surface area contributed by atoms with Gasteiger partial charge in [0.15, 0.2) is 6.29 Å². The highest BCUT2D eigenvalue weighted by molar-refractivity contribution is 7.17. The zero-order valence-corrected chi connectivity index (χ0v) is 17.0. The highest BCUT2D eigenvalue weighted by Gasteiger charge is 2.23. The summed E-state index contributed by atoms with van der Waals surface area (Å²) in [5, 5.41) is 1.17. The molecule has 0 atom stereocenters. The lowest BCUT2D eigenvalue weighted by Crippen LogP contribution is -2.31. The summed E-state index contributed by atoms with van der Waals surface area (Å²) in [6.45, 7) is 1.47. The second-order valence-corrected chi connectivity index (χ2v) is 8.21. The van der Waals surface area contributed by atoms with E-state index in [4.69, 9.17) is 4.74 Å². The van der Waals surface area contributed by atoms with Gasteiger partial charge in [-0.05, 0) is 29.8 Å². The number of nitrogens with one attached hydrogen (secondary N) is 1. The van der Waals surface area contributed by atoms with Crippen LogP contribution in [0.2, 0.25) is 0 Å². The summed E-state index contributed by atoms with van der Waals surface area (Å²) in [5.74, 6) is 0.144. The lowest BCUT2D eigenvalue weighted by Gasteiger charge is -2.27. The molecule has 0 radical (unpaired) electrons. The van der Waals surface area contributed by atoms with Crippen molar-refractivity contribution in [2.75, 3.05) is 18.6 Å². The van der Waals surface area contributed by atoms with Gasteiger partial charge >= 0.3 is 5.97 Å². The van der Waals surface area contributed by atoms with Crippen molar-refractivity contribution in [2.45, 2.75) is 13.0 Å². The summed E-state index contributed by atoms with van der Waals surface area (Å²) in [6, 6.07) is 10.2. The van der Waals surface area contributed by atoms with Crippen molar-refractivity contribution in [3.05, 3.63) is 64.4 Å². The number of carbonyl (C=O) groups is 2. The number of ether oxygens (including phenoxy) is 1. The van der Waals surface area contributed by atoms with E-state index in [1.807, 2.05) is 12.1 Å². The minimum absolute atomic E-state index is 0.335. The van der Waals surface area contributed by atoms with Crippen molar-refractivity contribution in [1.29, 1.82) is 0 Å². The average Bonchev–Trinajstić information content (AvgIpc) is 3.42. The van der Waals surface area contributed by atoms with Crippen LogP contribution >= 0.6 is 11.3 Å². The Bertz CT molecular complexity index is 1260. The predicted molar refractivity (Wildman–Crippen MR) is 115 cm³/mol. The van der Waals surface area contributed by atoms with Crippen molar-refractivity contribution in [3.63, 3.8) is 0 Å². The van der Waals surface area contributed by atoms with E-state index >= 15 is 0 Å². The third kappa shape index (κ3) is 3.15. The SMILES string of the molecule is COC(=O)c1cnc(N2CCc3[nH]c4ccc(-c5ccc(C=O)s5)cc4c3C2)nc1. The van der Waals surface area contributed by atoms with E-state index < -0.39 is 5.97 Å². The van der Waals surface area contributed by atoms with Gasteiger partial charge in [0.2, 0.25) is 5.95 Å². The number of aldehydes is 1. The van der Waals surface area contributed by atoms with Gasteiger partial charge in [0, 0.05) is 58.9 Å². The third-order valence-electron chi connectivity index (χ3n) is 5.34. The first-order valence-corrected chi connectivity index (χ1v) is 10.3. The van der Waals surface area contributed by atoms with E-state index in [1.165, 1.54) is 47.5 Å². The number of fused-ring (bicyclic) bond motifs is 3. The molecule has 0 saturated carbocycles. The Kier molecular flexibility index (Phi) is 4.55. The fourth-order valence-electron chi connectivity index (χ4n) is 3.82. The van der Waals surface area contributed by atoms with Gasteiger partial charge in [-0.15, -0.1) is 11.3 Å². The van der Waals surface area contributed by atoms with E-state index in [9.17, 15) is 9.59 Å². The molecule has 5 rings (SSSR count). The number of H-pyrrole nitrogens is 1. The molecular weight excluding hydrogens is 400 g/mol. The first-order chi connectivity index (χ1) is 14.7. The molecule has 4 heterocycles. The molecule has 30 heavy (non-hydrogen) atoms. The fourth-order valence-corrected chi connectivity index (χ4v) is 4.64. The maximum absolute atomic E-state index is 11.6. The molecule has 0 aliphatic carbocycles. The van der Waals surface area contributed by atoms with Crippen LogP contribution in [0.1, 0.15) is 31.3 Å². The molecule has 0 spiro atoms. The van der Waals surface area contributed by atoms with Crippen LogP contribution < -0.4 is 4.90 Å². The molecule has 0 saturated heterocycles. The molecule has 1 aliphatic rings. The Balaban J connectivity index is 1.47. The van der Waals surface area contributed by atoms with E-state index in [1.54, 1.807) is 0 Å². The molecule has 1 aliphatic heterocycles. The summed E-state index contributed by atoms with van der Waals surface area (Å²) in [7, 11) is 1.34. The van der Waals surface area contributed by atoms with Crippen LogP contribution in [-0.2, 0) is 17.7 Å². The number of esters is 1. The van der Waals surface area contributed by atoms with Gasteiger partial charge in [0.05, 0.1) is 17.6 Å². The highest BCUT2D eigenvalue weighted by atomic mass is 32.1. The Morgan fingerprint density at radius 1 is 1.23 bits per heavy atom. The van der Waals surface area contributed by atoms with Gasteiger partial charge in [-0.25, -0.2) is 14.8 Å². The molecule has 1 N–H and O–H groups in total. The minimum atomic E-state index is -0.446. The molecule has 0 bridgehead atoms. The molecule has 1 aromatic carbocycles. The van der Waals surface area contributed by atoms with E-state index in [0.717, 1.165) is 40.1 Å². The summed E-state index contributed by atoms with van der Waals surface area (Å²) in [6.07, 6.45) is 4.74. The first kappa shape index (κ1) is 18.5. The molecule has 7 nitrogen and oxygen atoms in total. The van der Waals surface area contributed by atoms with Crippen LogP contribution in [0.4, 0.5) is 5.95 Å². The smallest absolute Gasteiger partial charge is 0.341 e. The number of aromatic nitrogens is 3. The Morgan fingerprint density at radius 2 is 2.07 bits per heavy atom. The molecule has 0 unspecified atom stereocenters. The number of hydrogen-bond acceptors (Lipinski definition) is 7. The van der Waals surface area contributed by atoms with Crippen LogP contribution in [0.15, 0.2) is 42.7 Å². The van der Waals surface area contributed by atoms with Crippen LogP contribution in [0.5, 0.6) is 0 Å². The molecule has 4 aromatic rings. The summed E-state index contributed by atoms with van der Waals surface area (Å²) in [4.78, 5) is 38.8. The third-order valence-corrected chi connectivity index (χ3v) is 6.40. The second-order valence-electron chi connectivity index (χ2n) is 7.10. The quantitative estimate of drug-likeness (QED) is 0.400. The van der Waals surface area contributed by atoms with Crippen LogP contribution in [-0.4, -0.2) is 40.9 Å². The van der Waals surface area contributed by atoms with E-state index in [0.29, 0.717) is 18.1 Å². The number of anilines is 1. The maximum Gasteiger partial charge on any atom is 0.341 e. The molecule has 0 fully saturated rings. The van der Waals surface area contributed by atoms with Crippen molar-refractivity contribution < 1.29 is 14.3 Å². The van der Waals surface area contributed by atoms with Crippen molar-refractivity contribution in [2.24, 2.45) is 0 Å². The lowest BCUT2D eigenvalue weighted by molar-refractivity contribution is 0.0599. The maximum atomic E-state index is 11.6. The first-order valence-electron chi connectivity index (χ1n) is 9.50. The van der Waals surface area contributed by atoms with Crippen molar-refractivity contribution in [1.82, 2.24) is 15.0 Å².